The van der Waals surface area contributed by atoms with E-state index in [1.54, 1.807) is 18.1 Å². The summed E-state index contributed by atoms with van der Waals surface area (Å²) < 4.78 is 5.27. The molecule has 5 nitrogen and oxygen atoms in total. The van der Waals surface area contributed by atoms with Crippen LogP contribution in [0.3, 0.4) is 0 Å². The lowest BCUT2D eigenvalue weighted by Crippen LogP contribution is -2.41. The van der Waals surface area contributed by atoms with Gasteiger partial charge in [-0.2, -0.15) is 0 Å². The summed E-state index contributed by atoms with van der Waals surface area (Å²) >= 11 is 0. The van der Waals surface area contributed by atoms with Crippen molar-refractivity contribution in [3.63, 3.8) is 0 Å². The molecule has 2 rings (SSSR count). The molecule has 118 valence electrons. The molecule has 0 aromatic heterocycles. The van der Waals surface area contributed by atoms with E-state index in [1.807, 2.05) is 25.1 Å². The Labute approximate surface area is 130 Å². The maximum atomic E-state index is 12.2. The first-order chi connectivity index (χ1) is 10.5. The van der Waals surface area contributed by atoms with Crippen LogP contribution in [0.25, 0.3) is 6.08 Å². The fourth-order valence-corrected chi connectivity index (χ4v) is 2.63. The maximum absolute atomic E-state index is 12.2. The Morgan fingerprint density at radius 2 is 2.18 bits per heavy atom. The number of hydrogen-bond donors (Lipinski definition) is 1. The number of carbonyl (C=O) groups excluding carboxylic acids is 1. The van der Waals surface area contributed by atoms with Crippen molar-refractivity contribution in [2.24, 2.45) is 5.92 Å². The summed E-state index contributed by atoms with van der Waals surface area (Å²) in [4.78, 5) is 24.9. The average Bonchev–Trinajstić information content (AvgIpc) is 2.52. The van der Waals surface area contributed by atoms with E-state index in [0.717, 1.165) is 17.5 Å². The first kappa shape index (κ1) is 16.1. The summed E-state index contributed by atoms with van der Waals surface area (Å²) in [5.74, 6) is -0.743. The molecule has 0 bridgehead atoms. The van der Waals surface area contributed by atoms with E-state index in [4.69, 9.17) is 9.84 Å². The summed E-state index contributed by atoms with van der Waals surface area (Å²) in [6, 6.07) is 5.75. The summed E-state index contributed by atoms with van der Waals surface area (Å²) in [7, 11) is 1.59. The van der Waals surface area contributed by atoms with Crippen LogP contribution in [0.5, 0.6) is 5.75 Å². The van der Waals surface area contributed by atoms with Gasteiger partial charge in [0, 0.05) is 24.7 Å². The largest absolute Gasteiger partial charge is 0.496 e. The van der Waals surface area contributed by atoms with Gasteiger partial charge in [0.2, 0.25) is 5.91 Å². The number of rotatable bonds is 4. The topological polar surface area (TPSA) is 66.8 Å². The van der Waals surface area contributed by atoms with Crippen LogP contribution in [0.15, 0.2) is 24.3 Å². The third-order valence-corrected chi connectivity index (χ3v) is 3.87. The number of carboxylic acids is 1. The molecule has 1 fully saturated rings. The molecule has 1 aliphatic rings. The van der Waals surface area contributed by atoms with Gasteiger partial charge in [0.05, 0.1) is 13.0 Å². The first-order valence-electron chi connectivity index (χ1n) is 7.35. The molecule has 1 N–H and O–H groups in total. The highest BCUT2D eigenvalue weighted by atomic mass is 16.5. The van der Waals surface area contributed by atoms with Gasteiger partial charge in [-0.25, -0.2) is 0 Å². The van der Waals surface area contributed by atoms with Gasteiger partial charge in [0.15, 0.2) is 0 Å². The lowest BCUT2D eigenvalue weighted by atomic mass is 9.98. The van der Waals surface area contributed by atoms with Gasteiger partial charge >= 0.3 is 5.97 Å². The number of aliphatic carboxylic acids is 1. The Morgan fingerprint density at radius 1 is 1.41 bits per heavy atom. The molecule has 1 atom stereocenters. The molecular weight excluding hydrogens is 282 g/mol. The molecule has 1 saturated heterocycles. The predicted octanol–water partition coefficient (Wildman–Crippen LogP) is 2.34. The number of benzene rings is 1. The van der Waals surface area contributed by atoms with Crippen molar-refractivity contribution in [1.29, 1.82) is 0 Å². The van der Waals surface area contributed by atoms with Crippen molar-refractivity contribution < 1.29 is 19.4 Å². The second kappa shape index (κ2) is 7.11. The second-order valence-corrected chi connectivity index (χ2v) is 5.54. The van der Waals surface area contributed by atoms with E-state index in [0.29, 0.717) is 18.7 Å². The number of methoxy groups -OCH3 is 1. The van der Waals surface area contributed by atoms with Crippen molar-refractivity contribution >= 4 is 18.0 Å². The number of likely N-dealkylation sites (tertiary alicyclic amines) is 1. The fraction of sp³-hybridized carbons (Fsp3) is 0.412. The maximum Gasteiger partial charge on any atom is 0.308 e. The third-order valence-electron chi connectivity index (χ3n) is 3.87. The van der Waals surface area contributed by atoms with Gasteiger partial charge in [0.1, 0.15) is 5.75 Å². The van der Waals surface area contributed by atoms with Crippen molar-refractivity contribution in [3.8, 4) is 5.75 Å². The minimum absolute atomic E-state index is 0.158. The van der Waals surface area contributed by atoms with E-state index < -0.39 is 11.9 Å². The van der Waals surface area contributed by atoms with Crippen LogP contribution >= 0.6 is 0 Å². The van der Waals surface area contributed by atoms with Crippen LogP contribution in [0, 0.1) is 12.8 Å². The third kappa shape index (κ3) is 3.87. The molecule has 1 heterocycles. The van der Waals surface area contributed by atoms with Crippen LogP contribution in [0.2, 0.25) is 0 Å². The summed E-state index contributed by atoms with van der Waals surface area (Å²) in [5, 5.41) is 9.07. The van der Waals surface area contributed by atoms with Crippen molar-refractivity contribution in [3.05, 3.63) is 35.4 Å². The zero-order valence-electron chi connectivity index (χ0n) is 12.9. The molecule has 0 radical (unpaired) electrons. The molecule has 5 heteroatoms. The van der Waals surface area contributed by atoms with Crippen LogP contribution in [-0.4, -0.2) is 42.1 Å². The molecule has 0 saturated carbocycles. The van der Waals surface area contributed by atoms with Gasteiger partial charge in [-0.15, -0.1) is 0 Å². The highest BCUT2D eigenvalue weighted by molar-refractivity contribution is 5.92. The van der Waals surface area contributed by atoms with E-state index in [1.165, 1.54) is 6.08 Å². The highest BCUT2D eigenvalue weighted by Gasteiger charge is 2.27. The number of hydrogen-bond acceptors (Lipinski definition) is 3. The van der Waals surface area contributed by atoms with E-state index >= 15 is 0 Å². The number of aryl methyl sites for hydroxylation is 1. The van der Waals surface area contributed by atoms with Gasteiger partial charge < -0.3 is 14.7 Å². The normalized spacial score (nSPS) is 18.5. The number of amides is 1. The standard InChI is InChI=1S/C17H21NO4/c1-12-5-7-15(22-2)13(10-12)6-8-16(19)18-9-3-4-14(11-18)17(20)21/h5-8,10,14H,3-4,9,11H2,1-2H3,(H,20,21)/b8-6-/t14-/m0/s1. The minimum atomic E-state index is -0.832. The van der Waals surface area contributed by atoms with Crippen molar-refractivity contribution in [2.45, 2.75) is 19.8 Å². The summed E-state index contributed by atoms with van der Waals surface area (Å²) in [5.41, 5.74) is 1.92. The average molecular weight is 303 g/mol. The van der Waals surface area contributed by atoms with E-state index in [2.05, 4.69) is 0 Å². The molecule has 1 aromatic carbocycles. The van der Waals surface area contributed by atoms with Crippen molar-refractivity contribution in [2.75, 3.05) is 20.2 Å². The molecule has 0 aliphatic carbocycles. The molecule has 1 aromatic rings. The highest BCUT2D eigenvalue weighted by Crippen LogP contribution is 2.22. The monoisotopic (exact) mass is 303 g/mol. The zero-order valence-corrected chi connectivity index (χ0v) is 12.9. The number of carboxylic acid groups (broad SMARTS) is 1. The quantitative estimate of drug-likeness (QED) is 0.867. The molecule has 22 heavy (non-hydrogen) atoms. The van der Waals surface area contributed by atoms with Crippen LogP contribution < -0.4 is 4.74 Å². The number of piperidine rings is 1. The molecular formula is C17H21NO4. The van der Waals surface area contributed by atoms with Gasteiger partial charge in [0.25, 0.3) is 0 Å². The fourth-order valence-electron chi connectivity index (χ4n) is 2.63. The lowest BCUT2D eigenvalue weighted by molar-refractivity contribution is -0.144. The molecule has 0 unspecified atom stereocenters. The Kier molecular flexibility index (Phi) is 5.20. The smallest absolute Gasteiger partial charge is 0.308 e. The van der Waals surface area contributed by atoms with Crippen LogP contribution in [0.1, 0.15) is 24.0 Å². The van der Waals surface area contributed by atoms with Crippen LogP contribution in [-0.2, 0) is 9.59 Å². The molecule has 1 amide bonds. The van der Waals surface area contributed by atoms with Gasteiger partial charge in [-0.1, -0.05) is 11.6 Å². The summed E-state index contributed by atoms with van der Waals surface area (Å²) in [6.45, 7) is 2.86. The number of carbonyl (C=O) groups is 2. The van der Waals surface area contributed by atoms with E-state index in [-0.39, 0.29) is 12.5 Å². The Morgan fingerprint density at radius 3 is 2.86 bits per heavy atom. The minimum Gasteiger partial charge on any atom is -0.496 e. The molecule has 0 spiro atoms. The lowest BCUT2D eigenvalue weighted by Gasteiger charge is -2.29. The van der Waals surface area contributed by atoms with Crippen LogP contribution in [0.4, 0.5) is 0 Å². The SMILES string of the molecule is COc1ccc(C)cc1/C=C\C(=O)N1CCC[C@H](C(=O)O)C1. The van der Waals surface area contributed by atoms with Gasteiger partial charge in [-0.05, 0) is 38.0 Å². The summed E-state index contributed by atoms with van der Waals surface area (Å²) in [6.07, 6.45) is 4.57. The number of nitrogens with zero attached hydrogens (tertiary/aromatic N) is 1. The van der Waals surface area contributed by atoms with Gasteiger partial charge in [-0.3, -0.25) is 9.59 Å². The number of ether oxygens (including phenoxy) is 1. The zero-order chi connectivity index (χ0) is 16.1. The Balaban J connectivity index is 2.08. The van der Waals surface area contributed by atoms with Crippen molar-refractivity contribution in [1.82, 2.24) is 4.90 Å². The molecule has 1 aliphatic heterocycles. The second-order valence-electron chi connectivity index (χ2n) is 5.54. The predicted molar refractivity (Wildman–Crippen MR) is 83.7 cm³/mol. The Hall–Kier alpha value is -2.30. The Bertz CT molecular complexity index is 594. The van der Waals surface area contributed by atoms with E-state index in [9.17, 15) is 9.59 Å². The first-order valence-corrected chi connectivity index (χ1v) is 7.35.